The zero-order chi connectivity index (χ0) is 20.5. The molecule has 2 heterocycles. The summed E-state index contributed by atoms with van der Waals surface area (Å²) in [4.78, 5) is 30.3. The lowest BCUT2D eigenvalue weighted by molar-refractivity contribution is -0.152. The molecule has 8 heteroatoms. The Balaban J connectivity index is 2.01. The molecule has 1 aromatic heterocycles. The van der Waals surface area contributed by atoms with Crippen molar-refractivity contribution in [3.8, 4) is 11.5 Å². The van der Waals surface area contributed by atoms with Gasteiger partial charge in [-0.3, -0.25) is 14.9 Å². The van der Waals surface area contributed by atoms with Gasteiger partial charge in [-0.1, -0.05) is 12.1 Å². The first-order valence-electron chi connectivity index (χ1n) is 9.25. The Hall–Kier alpha value is -3.55. The Kier molecular flexibility index (Phi) is 4.84. The van der Waals surface area contributed by atoms with E-state index in [2.05, 4.69) is 10.3 Å². The van der Waals surface area contributed by atoms with Crippen LogP contribution in [0.15, 0.2) is 42.5 Å². The van der Waals surface area contributed by atoms with E-state index in [0.717, 1.165) is 5.52 Å². The maximum atomic E-state index is 13.0. The molecule has 0 aliphatic carbocycles. The van der Waals surface area contributed by atoms with E-state index >= 15 is 0 Å². The molecular weight excluding hydrogens is 374 g/mol. The van der Waals surface area contributed by atoms with Crippen molar-refractivity contribution in [3.05, 3.63) is 48.0 Å². The van der Waals surface area contributed by atoms with Crippen LogP contribution < -0.4 is 14.8 Å². The van der Waals surface area contributed by atoms with Gasteiger partial charge in [0.1, 0.15) is 11.5 Å². The predicted octanol–water partition coefficient (Wildman–Crippen LogP) is 2.77. The molecule has 2 atom stereocenters. The van der Waals surface area contributed by atoms with Crippen molar-refractivity contribution in [1.82, 2.24) is 9.55 Å². The van der Waals surface area contributed by atoms with Gasteiger partial charge in [-0.15, -0.1) is 0 Å². The van der Waals surface area contributed by atoms with Crippen molar-refractivity contribution in [2.45, 2.75) is 13.0 Å². The highest BCUT2D eigenvalue weighted by molar-refractivity contribution is 6.07. The van der Waals surface area contributed by atoms with Gasteiger partial charge < -0.3 is 18.8 Å². The molecular formula is C21H21N3O5. The minimum atomic E-state index is -1.11. The van der Waals surface area contributed by atoms with Crippen molar-refractivity contribution in [2.75, 3.05) is 26.1 Å². The fourth-order valence-electron chi connectivity index (χ4n) is 3.75. The number of amides is 1. The van der Waals surface area contributed by atoms with Gasteiger partial charge in [-0.25, -0.2) is 4.98 Å². The largest absolute Gasteiger partial charge is 0.497 e. The summed E-state index contributed by atoms with van der Waals surface area (Å²) in [5.41, 5.74) is 2.12. The fraction of sp³-hybridized carbons (Fsp3) is 0.286. The molecule has 0 saturated carbocycles. The van der Waals surface area contributed by atoms with E-state index in [1.165, 1.54) is 0 Å². The summed E-state index contributed by atoms with van der Waals surface area (Å²) in [5, 5.41) is 2.74. The fourth-order valence-corrected chi connectivity index (χ4v) is 3.75. The van der Waals surface area contributed by atoms with Crippen LogP contribution in [0.1, 0.15) is 18.5 Å². The number of hydrogen-bond acceptors (Lipinski definition) is 6. The number of ether oxygens (including phenoxy) is 3. The molecule has 1 amide bonds. The summed E-state index contributed by atoms with van der Waals surface area (Å²) in [7, 11) is 3.10. The standard InChI is InChI=1S/C21H21N3O5/c1-4-29-20(26)17-18(13-11-12(27-2)9-10-16(13)28-3)24-15-8-6-5-7-14(15)22-21(24)23-19(17)25/h5-11,17-18H,4H2,1-3H3,(H,22,23,25). The first kappa shape index (κ1) is 18.8. The molecule has 0 spiro atoms. The van der Waals surface area contributed by atoms with E-state index in [0.29, 0.717) is 28.5 Å². The normalized spacial score (nSPS) is 18.1. The summed E-state index contributed by atoms with van der Waals surface area (Å²) >= 11 is 0. The summed E-state index contributed by atoms with van der Waals surface area (Å²) in [6.07, 6.45) is 0. The Bertz CT molecular complexity index is 1090. The second kappa shape index (κ2) is 7.46. The molecule has 1 aliphatic heterocycles. The van der Waals surface area contributed by atoms with Crippen LogP contribution in [0.25, 0.3) is 11.0 Å². The summed E-state index contributed by atoms with van der Waals surface area (Å²) in [6.45, 7) is 1.87. The Morgan fingerprint density at radius 1 is 1.17 bits per heavy atom. The zero-order valence-corrected chi connectivity index (χ0v) is 16.3. The van der Waals surface area contributed by atoms with E-state index in [4.69, 9.17) is 14.2 Å². The Labute approximate surface area is 167 Å². The third-order valence-corrected chi connectivity index (χ3v) is 5.00. The van der Waals surface area contributed by atoms with E-state index in [1.807, 2.05) is 28.8 Å². The van der Waals surface area contributed by atoms with E-state index in [1.54, 1.807) is 39.3 Å². The number of esters is 1. The predicted molar refractivity (Wildman–Crippen MR) is 106 cm³/mol. The number of hydrogen-bond donors (Lipinski definition) is 1. The summed E-state index contributed by atoms with van der Waals surface area (Å²) < 4.78 is 18.0. The number of imidazole rings is 1. The van der Waals surface area contributed by atoms with Crippen LogP contribution in [0, 0.1) is 5.92 Å². The van der Waals surface area contributed by atoms with Gasteiger partial charge in [0, 0.05) is 5.56 Å². The highest BCUT2D eigenvalue weighted by Crippen LogP contribution is 2.42. The second-order valence-corrected chi connectivity index (χ2v) is 6.57. The van der Waals surface area contributed by atoms with Gasteiger partial charge in [0.15, 0.2) is 5.92 Å². The topological polar surface area (TPSA) is 91.7 Å². The molecule has 0 saturated heterocycles. The van der Waals surface area contributed by atoms with Gasteiger partial charge >= 0.3 is 5.97 Å². The van der Waals surface area contributed by atoms with Gasteiger partial charge in [-0.2, -0.15) is 0 Å². The van der Waals surface area contributed by atoms with Crippen LogP contribution in [0.5, 0.6) is 11.5 Å². The van der Waals surface area contributed by atoms with Crippen molar-refractivity contribution in [2.24, 2.45) is 5.92 Å². The van der Waals surface area contributed by atoms with Crippen molar-refractivity contribution in [3.63, 3.8) is 0 Å². The molecule has 150 valence electrons. The van der Waals surface area contributed by atoms with Gasteiger partial charge in [0.05, 0.1) is 37.9 Å². The lowest BCUT2D eigenvalue weighted by atomic mass is 9.89. The lowest BCUT2D eigenvalue weighted by Crippen LogP contribution is -2.43. The average molecular weight is 395 g/mol. The molecule has 2 aromatic carbocycles. The quantitative estimate of drug-likeness (QED) is 0.528. The monoisotopic (exact) mass is 395 g/mol. The maximum Gasteiger partial charge on any atom is 0.321 e. The van der Waals surface area contributed by atoms with Crippen LogP contribution in [0.4, 0.5) is 5.95 Å². The number of aromatic nitrogens is 2. The van der Waals surface area contributed by atoms with Crippen LogP contribution in [0.3, 0.4) is 0 Å². The third kappa shape index (κ3) is 3.06. The number of methoxy groups -OCH3 is 2. The van der Waals surface area contributed by atoms with Crippen LogP contribution in [-0.2, 0) is 14.3 Å². The highest BCUT2D eigenvalue weighted by Gasteiger charge is 2.45. The zero-order valence-electron chi connectivity index (χ0n) is 16.3. The molecule has 29 heavy (non-hydrogen) atoms. The number of carbonyl (C=O) groups is 2. The molecule has 3 aromatic rings. The number of nitrogens with one attached hydrogen (secondary N) is 1. The average Bonchev–Trinajstić information content (AvgIpc) is 3.10. The van der Waals surface area contributed by atoms with Crippen molar-refractivity contribution in [1.29, 1.82) is 0 Å². The summed E-state index contributed by atoms with van der Waals surface area (Å²) in [6, 6.07) is 12.1. The number of para-hydroxylation sites is 2. The summed E-state index contributed by atoms with van der Waals surface area (Å²) in [5.74, 6) is -0.707. The van der Waals surface area contributed by atoms with Crippen molar-refractivity contribution < 1.29 is 23.8 Å². The molecule has 0 bridgehead atoms. The van der Waals surface area contributed by atoms with Crippen LogP contribution >= 0.6 is 0 Å². The SMILES string of the molecule is CCOC(=O)C1C(=O)Nc2nc3ccccc3n2C1c1cc(OC)ccc1OC. The van der Waals surface area contributed by atoms with Crippen LogP contribution in [0.2, 0.25) is 0 Å². The minimum Gasteiger partial charge on any atom is -0.497 e. The molecule has 1 aliphatic rings. The number of benzene rings is 2. The van der Waals surface area contributed by atoms with Gasteiger partial charge in [0.2, 0.25) is 11.9 Å². The first-order chi connectivity index (χ1) is 14.1. The molecule has 0 radical (unpaired) electrons. The third-order valence-electron chi connectivity index (χ3n) is 5.00. The van der Waals surface area contributed by atoms with Crippen LogP contribution in [-0.4, -0.2) is 42.3 Å². The molecule has 8 nitrogen and oxygen atoms in total. The molecule has 1 N–H and O–H groups in total. The number of rotatable bonds is 5. The Morgan fingerprint density at radius 2 is 1.97 bits per heavy atom. The van der Waals surface area contributed by atoms with Crippen molar-refractivity contribution >= 4 is 28.9 Å². The number of nitrogens with zero attached hydrogens (tertiary/aromatic N) is 2. The van der Waals surface area contributed by atoms with E-state index < -0.39 is 23.8 Å². The second-order valence-electron chi connectivity index (χ2n) is 6.57. The number of anilines is 1. The van der Waals surface area contributed by atoms with E-state index in [-0.39, 0.29) is 6.61 Å². The molecule has 4 rings (SSSR count). The number of carbonyl (C=O) groups excluding carboxylic acids is 2. The smallest absolute Gasteiger partial charge is 0.321 e. The maximum absolute atomic E-state index is 13.0. The molecule has 0 fully saturated rings. The highest BCUT2D eigenvalue weighted by atomic mass is 16.5. The lowest BCUT2D eigenvalue weighted by Gasteiger charge is -2.33. The Morgan fingerprint density at radius 3 is 2.69 bits per heavy atom. The van der Waals surface area contributed by atoms with Gasteiger partial charge in [0.25, 0.3) is 0 Å². The van der Waals surface area contributed by atoms with E-state index in [9.17, 15) is 9.59 Å². The minimum absolute atomic E-state index is 0.169. The number of fused-ring (bicyclic) bond motifs is 3. The van der Waals surface area contributed by atoms with Gasteiger partial charge in [-0.05, 0) is 37.3 Å². The molecule has 2 unspecified atom stereocenters. The first-order valence-corrected chi connectivity index (χ1v) is 9.25.